The van der Waals surface area contributed by atoms with Crippen molar-refractivity contribution in [2.45, 2.75) is 25.6 Å². The Morgan fingerprint density at radius 3 is 2.50 bits per heavy atom. The Balaban J connectivity index is 2.89. The van der Waals surface area contributed by atoms with Crippen molar-refractivity contribution >= 4 is 11.4 Å². The third-order valence-corrected chi connectivity index (χ3v) is 2.48. The molecule has 1 aromatic heterocycles. The second-order valence-electron chi connectivity index (χ2n) is 4.47. The van der Waals surface area contributed by atoms with Gasteiger partial charge in [0.2, 0.25) is 0 Å². The molecule has 7 heteroatoms. The molecule has 1 heterocycles. The number of nitrogens with two attached hydrogens (primary N) is 1. The number of alkyl halides is 3. The molecule has 0 fully saturated rings. The quantitative estimate of drug-likeness (QED) is 0.876. The summed E-state index contributed by atoms with van der Waals surface area (Å²) in [7, 11) is 1.53. The van der Waals surface area contributed by atoms with Gasteiger partial charge in [-0.1, -0.05) is 0 Å². The molecule has 0 aliphatic rings. The molecule has 0 unspecified atom stereocenters. The number of methoxy groups -OCH3 is 1. The number of ether oxygens (including phenoxy) is 1. The van der Waals surface area contributed by atoms with Crippen LogP contribution in [0.15, 0.2) is 12.3 Å². The second kappa shape index (κ2) is 5.01. The van der Waals surface area contributed by atoms with E-state index in [1.807, 2.05) is 13.8 Å². The fourth-order valence-electron chi connectivity index (χ4n) is 1.15. The zero-order chi connectivity index (χ0) is 14.0. The van der Waals surface area contributed by atoms with E-state index in [0.29, 0.717) is 6.54 Å². The van der Waals surface area contributed by atoms with Gasteiger partial charge in [0.1, 0.15) is 5.69 Å². The minimum Gasteiger partial charge on any atom is -0.396 e. The Morgan fingerprint density at radius 1 is 1.39 bits per heavy atom. The van der Waals surface area contributed by atoms with Gasteiger partial charge in [-0.15, -0.1) is 0 Å². The highest BCUT2D eigenvalue weighted by molar-refractivity contribution is 5.65. The fraction of sp³-hybridized carbons (Fsp3) is 0.545. The van der Waals surface area contributed by atoms with Gasteiger partial charge in [0.25, 0.3) is 0 Å². The first-order valence-corrected chi connectivity index (χ1v) is 5.27. The first-order valence-electron chi connectivity index (χ1n) is 5.27. The van der Waals surface area contributed by atoms with Crippen molar-refractivity contribution in [3.05, 3.63) is 18.0 Å². The van der Waals surface area contributed by atoms with Crippen molar-refractivity contribution in [1.29, 1.82) is 0 Å². The summed E-state index contributed by atoms with van der Waals surface area (Å²) in [5.41, 5.74) is 4.45. The highest BCUT2D eigenvalue weighted by atomic mass is 19.4. The molecule has 1 rings (SSSR count). The minimum absolute atomic E-state index is 0.162. The van der Waals surface area contributed by atoms with Crippen LogP contribution in [-0.4, -0.2) is 24.2 Å². The molecule has 1 aromatic rings. The van der Waals surface area contributed by atoms with Crippen LogP contribution in [0.1, 0.15) is 19.5 Å². The number of hydrogen-bond donors (Lipinski definition) is 2. The highest BCUT2D eigenvalue weighted by Gasteiger charge is 2.33. The summed E-state index contributed by atoms with van der Waals surface area (Å²) in [5, 5.41) is 2.83. The average Bonchev–Trinajstić information content (AvgIpc) is 2.26. The van der Waals surface area contributed by atoms with E-state index in [0.717, 1.165) is 12.3 Å². The first-order chi connectivity index (χ1) is 8.15. The molecule has 0 aliphatic heterocycles. The first kappa shape index (κ1) is 14.6. The average molecular weight is 263 g/mol. The van der Waals surface area contributed by atoms with Crippen LogP contribution in [-0.2, 0) is 10.9 Å². The molecule has 0 bridgehead atoms. The maximum atomic E-state index is 12.5. The van der Waals surface area contributed by atoms with Crippen LogP contribution >= 0.6 is 0 Å². The van der Waals surface area contributed by atoms with Crippen LogP contribution in [0.2, 0.25) is 0 Å². The Bertz CT molecular complexity index is 418. The van der Waals surface area contributed by atoms with Gasteiger partial charge in [0, 0.05) is 13.7 Å². The van der Waals surface area contributed by atoms with E-state index in [2.05, 4.69) is 10.3 Å². The molecule has 4 nitrogen and oxygen atoms in total. The van der Waals surface area contributed by atoms with E-state index in [1.54, 1.807) is 0 Å². The molecular weight excluding hydrogens is 247 g/mol. The van der Waals surface area contributed by atoms with Gasteiger partial charge < -0.3 is 15.8 Å². The molecule has 0 amide bonds. The zero-order valence-electron chi connectivity index (χ0n) is 10.4. The van der Waals surface area contributed by atoms with E-state index in [1.165, 1.54) is 7.11 Å². The Labute approximate surface area is 103 Å². The molecule has 0 saturated carbocycles. The molecule has 3 N–H and O–H groups in total. The lowest BCUT2D eigenvalue weighted by Crippen LogP contribution is -2.32. The molecule has 0 aromatic carbocycles. The van der Waals surface area contributed by atoms with Gasteiger partial charge in [-0.2, -0.15) is 13.2 Å². The third kappa shape index (κ3) is 3.76. The van der Waals surface area contributed by atoms with E-state index in [9.17, 15) is 13.2 Å². The van der Waals surface area contributed by atoms with Gasteiger partial charge in [0.15, 0.2) is 0 Å². The zero-order valence-corrected chi connectivity index (χ0v) is 10.4. The second-order valence-corrected chi connectivity index (χ2v) is 4.47. The standard InChI is InChI=1S/C11H16F3N3O/c1-10(2,18-3)6-17-8-4-9(11(12,13)14)16-5-7(8)15/h4-5H,6,15H2,1-3H3,(H,16,17). The number of nitrogens with zero attached hydrogens (tertiary/aromatic N) is 1. The van der Waals surface area contributed by atoms with Gasteiger partial charge >= 0.3 is 6.18 Å². The van der Waals surface area contributed by atoms with E-state index >= 15 is 0 Å². The lowest BCUT2D eigenvalue weighted by atomic mass is 10.1. The van der Waals surface area contributed by atoms with Crippen LogP contribution in [0.4, 0.5) is 24.5 Å². The summed E-state index contributed by atoms with van der Waals surface area (Å²) in [6, 6.07) is 0.890. The van der Waals surface area contributed by atoms with Gasteiger partial charge in [-0.05, 0) is 19.9 Å². The van der Waals surface area contributed by atoms with E-state index in [4.69, 9.17) is 10.5 Å². The molecular formula is C11H16F3N3O. The topological polar surface area (TPSA) is 60.2 Å². The lowest BCUT2D eigenvalue weighted by molar-refractivity contribution is -0.141. The molecule has 0 saturated heterocycles. The third-order valence-electron chi connectivity index (χ3n) is 2.48. The highest BCUT2D eigenvalue weighted by Crippen LogP contribution is 2.31. The molecule has 0 aliphatic carbocycles. The maximum Gasteiger partial charge on any atom is 0.433 e. The number of nitrogen functional groups attached to an aromatic ring is 1. The summed E-state index contributed by atoms with van der Waals surface area (Å²) >= 11 is 0. The van der Waals surface area contributed by atoms with Gasteiger partial charge in [0.05, 0.1) is 23.2 Å². The van der Waals surface area contributed by atoms with Gasteiger partial charge in [-0.3, -0.25) is 0 Å². The van der Waals surface area contributed by atoms with Crippen LogP contribution in [0.25, 0.3) is 0 Å². The number of nitrogens with one attached hydrogen (secondary N) is 1. The molecule has 102 valence electrons. The maximum absolute atomic E-state index is 12.5. The number of hydrogen-bond acceptors (Lipinski definition) is 4. The summed E-state index contributed by atoms with van der Waals surface area (Å²) < 4.78 is 42.6. The number of rotatable bonds is 4. The van der Waals surface area contributed by atoms with Crippen LogP contribution in [0, 0.1) is 0 Å². The number of anilines is 2. The van der Waals surface area contributed by atoms with Crippen LogP contribution in [0.3, 0.4) is 0 Å². The Kier molecular flexibility index (Phi) is 4.05. The smallest absolute Gasteiger partial charge is 0.396 e. The van der Waals surface area contributed by atoms with Crippen molar-refractivity contribution in [1.82, 2.24) is 4.98 Å². The summed E-state index contributed by atoms with van der Waals surface area (Å²) in [6.45, 7) is 3.94. The van der Waals surface area contributed by atoms with Crippen molar-refractivity contribution in [2.24, 2.45) is 0 Å². The van der Waals surface area contributed by atoms with E-state index < -0.39 is 17.5 Å². The number of pyridine rings is 1. The van der Waals surface area contributed by atoms with Crippen LogP contribution < -0.4 is 11.1 Å². The van der Waals surface area contributed by atoms with Crippen LogP contribution in [0.5, 0.6) is 0 Å². The Hall–Kier alpha value is -1.50. The summed E-state index contributed by atoms with van der Waals surface area (Å²) in [4.78, 5) is 3.25. The SMILES string of the molecule is COC(C)(C)CNc1cc(C(F)(F)F)ncc1N. The molecule has 18 heavy (non-hydrogen) atoms. The van der Waals surface area contributed by atoms with Crippen molar-refractivity contribution in [2.75, 3.05) is 24.7 Å². The molecule has 0 atom stereocenters. The number of halogens is 3. The number of aromatic nitrogens is 1. The fourth-order valence-corrected chi connectivity index (χ4v) is 1.15. The van der Waals surface area contributed by atoms with E-state index in [-0.39, 0.29) is 11.4 Å². The van der Waals surface area contributed by atoms with Crippen molar-refractivity contribution < 1.29 is 17.9 Å². The van der Waals surface area contributed by atoms with Crippen molar-refractivity contribution in [3.8, 4) is 0 Å². The predicted molar refractivity (Wildman–Crippen MR) is 63.2 cm³/mol. The Morgan fingerprint density at radius 2 is 2.00 bits per heavy atom. The predicted octanol–water partition coefficient (Wildman–Crippen LogP) is 2.52. The summed E-state index contributed by atoms with van der Waals surface area (Å²) in [5.74, 6) is 0. The monoisotopic (exact) mass is 263 g/mol. The molecule has 0 spiro atoms. The van der Waals surface area contributed by atoms with Crippen molar-refractivity contribution in [3.63, 3.8) is 0 Å². The lowest BCUT2D eigenvalue weighted by Gasteiger charge is -2.24. The normalized spacial score (nSPS) is 12.6. The largest absolute Gasteiger partial charge is 0.433 e. The minimum atomic E-state index is -4.49. The van der Waals surface area contributed by atoms with Gasteiger partial charge in [-0.25, -0.2) is 4.98 Å². The summed E-state index contributed by atoms with van der Waals surface area (Å²) in [6.07, 6.45) is -3.49. The molecule has 0 radical (unpaired) electrons.